The number of carbonyl (C=O) groups excluding carboxylic acids is 3. The molecule has 0 aliphatic carbocycles. The number of methoxy groups -OCH3 is 2. The third-order valence-corrected chi connectivity index (χ3v) is 9.88. The van der Waals surface area contributed by atoms with E-state index in [4.69, 9.17) is 42.6 Å². The van der Waals surface area contributed by atoms with Gasteiger partial charge < -0.3 is 88.6 Å². The molecule has 0 aromatic heterocycles. The predicted octanol–water partition coefficient (Wildman–Crippen LogP) is -2.32. The minimum atomic E-state index is -1.87. The molecule has 60 heavy (non-hydrogen) atoms. The van der Waals surface area contributed by atoms with Gasteiger partial charge in [0.1, 0.15) is 61.2 Å². The van der Waals surface area contributed by atoms with Crippen LogP contribution in [0.25, 0.3) is 0 Å². The zero-order valence-electron chi connectivity index (χ0n) is 32.3. The number of phenolic OH excluding ortho intramolecular Hbond substituents is 1. The summed E-state index contributed by atoms with van der Waals surface area (Å²) < 4.78 is 49.2. The van der Waals surface area contributed by atoms with Crippen LogP contribution >= 0.6 is 0 Å². The van der Waals surface area contributed by atoms with E-state index in [0.717, 1.165) is 18.9 Å². The fourth-order valence-electron chi connectivity index (χ4n) is 6.48. The number of benzene rings is 2. The number of esters is 3. The molecule has 2 aromatic carbocycles. The molecule has 0 amide bonds. The molecule has 0 unspecified atom stereocenters. The first-order chi connectivity index (χ1) is 28.7. The van der Waals surface area contributed by atoms with Gasteiger partial charge in [0.2, 0.25) is 12.6 Å². The molecule has 0 saturated carbocycles. The van der Waals surface area contributed by atoms with E-state index in [-0.39, 0.29) is 47.0 Å². The minimum Gasteiger partial charge on any atom is -0.508 e. The second kappa shape index (κ2) is 21.1. The second-order valence-corrected chi connectivity index (χ2v) is 13.7. The van der Waals surface area contributed by atoms with Gasteiger partial charge in [-0.1, -0.05) is 12.1 Å². The molecular formula is C39H48O21. The van der Waals surface area contributed by atoms with Gasteiger partial charge in [-0.3, -0.25) is 4.79 Å². The zero-order valence-corrected chi connectivity index (χ0v) is 32.3. The Labute approximate surface area is 342 Å². The third kappa shape index (κ3) is 10.9. The van der Waals surface area contributed by atoms with Crippen LogP contribution in [0.2, 0.25) is 0 Å². The van der Waals surface area contributed by atoms with Crippen LogP contribution in [0.5, 0.6) is 17.2 Å². The van der Waals surface area contributed by atoms with E-state index in [1.807, 2.05) is 0 Å². The highest BCUT2D eigenvalue weighted by Gasteiger charge is 2.48. The van der Waals surface area contributed by atoms with Crippen LogP contribution in [0.4, 0.5) is 0 Å². The molecule has 12 atom stereocenters. The quantitative estimate of drug-likeness (QED) is 0.0486. The van der Waals surface area contributed by atoms with Gasteiger partial charge in [0, 0.05) is 17.9 Å². The first-order valence-corrected chi connectivity index (χ1v) is 18.6. The number of carbonyl (C=O) groups is 3. The van der Waals surface area contributed by atoms with Gasteiger partial charge in [0.15, 0.2) is 17.8 Å². The molecule has 21 heteroatoms. The highest BCUT2D eigenvalue weighted by Crippen LogP contribution is 2.37. The summed E-state index contributed by atoms with van der Waals surface area (Å²) in [5.74, 6) is -3.91. The standard InChI is InChI=1S/C39H48O21/c1-52-25-13-19(5-8-24(25)57-38-33(48)31(46)29(44)26(15-40)58-38)35(50)55-12-10-21-22(14-28(43)54-11-9-18-3-6-20(42)7-4-18)23(36(51)53-2)17-56-37(21)60-39-34(49)32(47)30(45)27(16-41)59-39/h3-8,10,13,17,22,26-27,29-34,37-42,44-49H,9,11-12,14-16H2,1-2H3/b21-10-/t22-,26+,27+,29-,30+,31-,32-,33+,34+,37+,38+,39-/m0/s1. The smallest absolute Gasteiger partial charge is 0.338 e. The molecule has 9 N–H and O–H groups in total. The summed E-state index contributed by atoms with van der Waals surface area (Å²) in [7, 11) is 2.34. The number of hydrogen-bond acceptors (Lipinski definition) is 21. The van der Waals surface area contributed by atoms with Crippen molar-refractivity contribution >= 4 is 17.9 Å². The Hall–Kier alpha value is -4.91. The van der Waals surface area contributed by atoms with E-state index < -0.39 is 118 Å². The highest BCUT2D eigenvalue weighted by molar-refractivity contribution is 5.91. The summed E-state index contributed by atoms with van der Waals surface area (Å²) in [5, 5.41) is 90.6. The number of ether oxygens (including phenoxy) is 9. The van der Waals surface area contributed by atoms with Crippen molar-refractivity contribution in [3.05, 3.63) is 77.1 Å². The van der Waals surface area contributed by atoms with Crippen molar-refractivity contribution in [3.8, 4) is 17.2 Å². The van der Waals surface area contributed by atoms with Crippen molar-refractivity contribution in [1.29, 1.82) is 0 Å². The molecule has 3 aliphatic heterocycles. The van der Waals surface area contributed by atoms with E-state index in [9.17, 15) is 60.3 Å². The molecule has 0 spiro atoms. The first kappa shape index (κ1) is 46.2. The van der Waals surface area contributed by atoms with E-state index in [1.165, 1.54) is 43.5 Å². The van der Waals surface area contributed by atoms with Gasteiger partial charge in [-0.15, -0.1) is 0 Å². The largest absolute Gasteiger partial charge is 0.508 e. The van der Waals surface area contributed by atoms with Crippen LogP contribution in [0.1, 0.15) is 22.3 Å². The van der Waals surface area contributed by atoms with Crippen LogP contribution < -0.4 is 9.47 Å². The maximum Gasteiger partial charge on any atom is 0.338 e. The van der Waals surface area contributed by atoms with Crippen LogP contribution in [0.15, 0.2) is 65.9 Å². The monoisotopic (exact) mass is 852 g/mol. The number of aliphatic hydroxyl groups is 8. The normalized spacial score (nSPS) is 31.0. The number of rotatable bonds is 16. The van der Waals surface area contributed by atoms with Gasteiger partial charge in [0.05, 0.1) is 57.9 Å². The lowest BCUT2D eigenvalue weighted by Crippen LogP contribution is -2.60. The predicted molar refractivity (Wildman–Crippen MR) is 196 cm³/mol. The highest BCUT2D eigenvalue weighted by atomic mass is 16.8. The van der Waals surface area contributed by atoms with Crippen molar-refractivity contribution in [2.45, 2.75) is 80.5 Å². The van der Waals surface area contributed by atoms with Gasteiger partial charge in [0.25, 0.3) is 0 Å². The molecule has 0 radical (unpaired) electrons. The Kier molecular flexibility index (Phi) is 16.2. The molecule has 2 saturated heterocycles. The summed E-state index contributed by atoms with van der Waals surface area (Å²) in [6.07, 6.45) is -16.0. The molecule has 330 valence electrons. The Bertz CT molecular complexity index is 1830. The van der Waals surface area contributed by atoms with Crippen LogP contribution in [0.3, 0.4) is 0 Å². The average Bonchev–Trinajstić information content (AvgIpc) is 3.25. The fourth-order valence-corrected chi connectivity index (χ4v) is 6.48. The number of aromatic hydroxyl groups is 1. The Morgan fingerprint density at radius 1 is 0.750 bits per heavy atom. The van der Waals surface area contributed by atoms with Crippen molar-refractivity contribution in [1.82, 2.24) is 0 Å². The maximum absolute atomic E-state index is 13.3. The summed E-state index contributed by atoms with van der Waals surface area (Å²) in [6.45, 7) is -2.10. The summed E-state index contributed by atoms with van der Waals surface area (Å²) >= 11 is 0. The van der Waals surface area contributed by atoms with E-state index >= 15 is 0 Å². The average molecular weight is 853 g/mol. The molecule has 3 aliphatic rings. The van der Waals surface area contributed by atoms with E-state index in [1.54, 1.807) is 12.1 Å². The van der Waals surface area contributed by atoms with Gasteiger partial charge in [-0.25, -0.2) is 9.59 Å². The molecule has 21 nitrogen and oxygen atoms in total. The van der Waals surface area contributed by atoms with E-state index in [0.29, 0.717) is 0 Å². The minimum absolute atomic E-state index is 0.0287. The molecule has 2 aromatic rings. The third-order valence-electron chi connectivity index (χ3n) is 9.88. The van der Waals surface area contributed by atoms with Crippen LogP contribution in [-0.4, -0.2) is 172 Å². The summed E-state index contributed by atoms with van der Waals surface area (Å²) in [4.78, 5) is 39.5. The zero-order chi connectivity index (χ0) is 43.7. The molecule has 5 rings (SSSR count). The van der Waals surface area contributed by atoms with Gasteiger partial charge >= 0.3 is 17.9 Å². The van der Waals surface area contributed by atoms with Crippen LogP contribution in [-0.2, 0) is 49.2 Å². The summed E-state index contributed by atoms with van der Waals surface area (Å²) in [6, 6.07) is 9.99. The first-order valence-electron chi connectivity index (χ1n) is 18.6. The van der Waals surface area contributed by atoms with Crippen molar-refractivity contribution in [2.75, 3.05) is 40.6 Å². The topological polar surface area (TPSA) is 316 Å². The van der Waals surface area contributed by atoms with Crippen molar-refractivity contribution in [3.63, 3.8) is 0 Å². The lowest BCUT2D eigenvalue weighted by molar-refractivity contribution is -0.327. The van der Waals surface area contributed by atoms with Crippen molar-refractivity contribution in [2.24, 2.45) is 5.92 Å². The van der Waals surface area contributed by atoms with Crippen molar-refractivity contribution < 1.29 is 103 Å². The molecular weight excluding hydrogens is 804 g/mol. The Morgan fingerprint density at radius 2 is 1.38 bits per heavy atom. The SMILES string of the molecule is COC(=O)C1=CO[C@H](O[C@@H]2O[C@H](CO)[C@@H](O)[C@H](O)[C@H]2O)/C(=C\COC(=O)c2ccc(O[C@@H]3O[C@H](CO)[C@H](O)[C@H](O)[C@H]3O)c(OC)c2)[C@@H]1CC(=O)OCCc1ccc(O)cc1. The van der Waals surface area contributed by atoms with Gasteiger partial charge in [-0.05, 0) is 42.0 Å². The second-order valence-electron chi connectivity index (χ2n) is 13.7. The molecule has 0 bridgehead atoms. The lowest BCUT2D eigenvalue weighted by Gasteiger charge is -2.42. The molecule has 2 fully saturated rings. The van der Waals surface area contributed by atoms with Gasteiger partial charge in [-0.2, -0.15) is 0 Å². The Balaban J connectivity index is 1.36. The lowest BCUT2D eigenvalue weighted by atomic mass is 9.86. The van der Waals surface area contributed by atoms with E-state index in [2.05, 4.69) is 0 Å². The van der Waals surface area contributed by atoms with Crippen LogP contribution in [0, 0.1) is 5.92 Å². The number of hydrogen-bond donors (Lipinski definition) is 9. The fraction of sp³-hybridized carbons (Fsp3) is 0.513. The molecule has 3 heterocycles. The maximum atomic E-state index is 13.3. The number of aliphatic hydroxyl groups excluding tert-OH is 8. The summed E-state index contributed by atoms with van der Waals surface area (Å²) in [5.41, 5.74) is 0.466. The Morgan fingerprint density at radius 3 is 2.00 bits per heavy atom. The number of phenols is 1.